The van der Waals surface area contributed by atoms with Gasteiger partial charge in [-0.15, -0.1) is 0 Å². The van der Waals surface area contributed by atoms with Crippen molar-refractivity contribution in [3.8, 4) is 0 Å². The van der Waals surface area contributed by atoms with Gasteiger partial charge in [0.2, 0.25) is 0 Å². The van der Waals surface area contributed by atoms with Crippen LogP contribution in [0.15, 0.2) is 54.6 Å². The van der Waals surface area contributed by atoms with Crippen LogP contribution in [0.3, 0.4) is 0 Å². The van der Waals surface area contributed by atoms with E-state index in [-0.39, 0.29) is 11.9 Å². The van der Waals surface area contributed by atoms with Crippen LogP contribution in [0.5, 0.6) is 0 Å². The average molecular weight is 363 g/mol. The van der Waals surface area contributed by atoms with Gasteiger partial charge < -0.3 is 10.2 Å². The van der Waals surface area contributed by atoms with Gasteiger partial charge in [0, 0.05) is 37.4 Å². The minimum atomic E-state index is -0.0960. The number of nitrogens with zero attached hydrogens (tertiary/aromatic N) is 2. The van der Waals surface area contributed by atoms with Crippen LogP contribution in [-0.2, 0) is 6.42 Å². The summed E-state index contributed by atoms with van der Waals surface area (Å²) in [5.41, 5.74) is 2.82. The molecule has 4 rings (SSSR count). The lowest BCUT2D eigenvalue weighted by Gasteiger charge is -2.32. The Hall–Kier alpha value is -2.82. The molecule has 0 atom stereocenters. The molecule has 0 saturated carbocycles. The van der Waals surface area contributed by atoms with Gasteiger partial charge in [-0.1, -0.05) is 36.4 Å². The van der Waals surface area contributed by atoms with E-state index in [4.69, 9.17) is 0 Å². The Balaban J connectivity index is 1.37. The Morgan fingerprint density at radius 1 is 1.00 bits per heavy atom. The number of carbonyl (C=O) groups excluding carboxylic acids is 2. The maximum absolute atomic E-state index is 12.9. The molecule has 2 heterocycles. The summed E-state index contributed by atoms with van der Waals surface area (Å²) in [6, 6.07) is 17.9. The molecule has 2 aliphatic heterocycles. The minimum absolute atomic E-state index is 0.0645. The van der Waals surface area contributed by atoms with Crippen LogP contribution >= 0.6 is 0 Å². The molecule has 2 aliphatic rings. The fourth-order valence-electron chi connectivity index (χ4n) is 3.99. The third-order valence-corrected chi connectivity index (χ3v) is 5.53. The van der Waals surface area contributed by atoms with Crippen molar-refractivity contribution in [2.24, 2.45) is 5.92 Å². The Labute approximate surface area is 160 Å². The summed E-state index contributed by atoms with van der Waals surface area (Å²) in [5, 5.41) is 2.80. The van der Waals surface area contributed by atoms with Crippen LogP contribution in [0.4, 0.5) is 10.5 Å². The smallest absolute Gasteiger partial charge is 0.321 e. The van der Waals surface area contributed by atoms with E-state index < -0.39 is 0 Å². The van der Waals surface area contributed by atoms with E-state index in [9.17, 15) is 9.59 Å². The molecule has 0 aromatic heterocycles. The molecular weight excluding hydrogens is 338 g/mol. The number of carbonyl (C=O) groups is 2. The van der Waals surface area contributed by atoms with Crippen LogP contribution in [0.25, 0.3) is 0 Å². The predicted molar refractivity (Wildman–Crippen MR) is 106 cm³/mol. The maximum Gasteiger partial charge on any atom is 0.321 e. The molecule has 5 nitrogen and oxygen atoms in total. The highest BCUT2D eigenvalue weighted by Crippen LogP contribution is 2.24. The van der Waals surface area contributed by atoms with Gasteiger partial charge in [0.15, 0.2) is 0 Å². The van der Waals surface area contributed by atoms with E-state index in [0.29, 0.717) is 24.6 Å². The van der Waals surface area contributed by atoms with E-state index in [1.807, 2.05) is 35.2 Å². The van der Waals surface area contributed by atoms with Crippen molar-refractivity contribution >= 4 is 17.6 Å². The molecule has 0 spiro atoms. The number of nitrogens with one attached hydrogen (secondary N) is 1. The molecular formula is C22H25N3O2. The lowest BCUT2D eigenvalue weighted by molar-refractivity contribution is 0.0690. The second-order valence-electron chi connectivity index (χ2n) is 7.36. The number of hydrogen-bond acceptors (Lipinski definition) is 2. The molecule has 3 amide bonds. The number of piperidine rings is 1. The first-order valence-corrected chi connectivity index (χ1v) is 9.69. The van der Waals surface area contributed by atoms with Crippen molar-refractivity contribution in [2.75, 3.05) is 31.1 Å². The fraction of sp³-hybridized carbons (Fsp3) is 0.364. The molecule has 140 valence electrons. The predicted octanol–water partition coefficient (Wildman–Crippen LogP) is 3.31. The summed E-state index contributed by atoms with van der Waals surface area (Å²) < 4.78 is 0. The molecule has 2 fully saturated rings. The number of benzene rings is 2. The summed E-state index contributed by atoms with van der Waals surface area (Å²) in [6.45, 7) is 2.88. The Morgan fingerprint density at radius 3 is 2.48 bits per heavy atom. The number of hydrogen-bond donors (Lipinski definition) is 1. The topological polar surface area (TPSA) is 52.7 Å². The first-order chi connectivity index (χ1) is 13.2. The maximum atomic E-state index is 12.9. The van der Waals surface area contributed by atoms with E-state index in [0.717, 1.165) is 38.0 Å². The zero-order valence-electron chi connectivity index (χ0n) is 15.4. The van der Waals surface area contributed by atoms with Crippen LogP contribution in [0, 0.1) is 5.92 Å². The normalized spacial score (nSPS) is 17.9. The number of rotatable bonds is 4. The van der Waals surface area contributed by atoms with E-state index in [1.54, 1.807) is 4.90 Å². The number of anilines is 1. The van der Waals surface area contributed by atoms with Crippen molar-refractivity contribution in [1.29, 1.82) is 0 Å². The van der Waals surface area contributed by atoms with Gasteiger partial charge in [0.05, 0.1) is 0 Å². The molecule has 0 unspecified atom stereocenters. The van der Waals surface area contributed by atoms with Gasteiger partial charge in [0.1, 0.15) is 0 Å². The molecule has 5 heteroatoms. The van der Waals surface area contributed by atoms with Crippen molar-refractivity contribution < 1.29 is 9.59 Å². The van der Waals surface area contributed by atoms with Crippen molar-refractivity contribution in [3.63, 3.8) is 0 Å². The number of urea groups is 1. The highest BCUT2D eigenvalue weighted by atomic mass is 16.2. The van der Waals surface area contributed by atoms with E-state index in [2.05, 4.69) is 29.6 Å². The fourth-order valence-corrected chi connectivity index (χ4v) is 3.99. The molecule has 1 N–H and O–H groups in total. The second kappa shape index (κ2) is 7.82. The number of amides is 3. The molecule has 0 aliphatic carbocycles. The Kier molecular flexibility index (Phi) is 5.10. The minimum Gasteiger partial charge on any atom is -0.339 e. The first-order valence-electron chi connectivity index (χ1n) is 9.69. The lowest BCUT2D eigenvalue weighted by Crippen LogP contribution is -2.39. The van der Waals surface area contributed by atoms with Crippen LogP contribution < -0.4 is 10.2 Å². The quantitative estimate of drug-likeness (QED) is 0.906. The zero-order chi connectivity index (χ0) is 18.6. The summed E-state index contributed by atoms with van der Waals surface area (Å²) in [5.74, 6) is 0.700. The Bertz CT molecular complexity index is 813. The monoisotopic (exact) mass is 363 g/mol. The average Bonchev–Trinajstić information content (AvgIpc) is 3.15. The van der Waals surface area contributed by atoms with Gasteiger partial charge in [-0.25, -0.2) is 4.79 Å². The Morgan fingerprint density at radius 2 is 1.78 bits per heavy atom. The molecule has 2 saturated heterocycles. The van der Waals surface area contributed by atoms with Crippen molar-refractivity contribution in [3.05, 3.63) is 65.7 Å². The number of likely N-dealkylation sites (tertiary alicyclic amines) is 1. The summed E-state index contributed by atoms with van der Waals surface area (Å²) >= 11 is 0. The standard InChI is InChI=1S/C22H25N3O2/c26-21(19-7-4-8-20(16-19)25-14-11-23-22(25)27)24-12-9-18(10-13-24)15-17-5-2-1-3-6-17/h1-8,16,18H,9-15H2,(H,23,27). The molecule has 2 aromatic carbocycles. The molecule has 27 heavy (non-hydrogen) atoms. The van der Waals surface area contributed by atoms with Gasteiger partial charge >= 0.3 is 6.03 Å². The first kappa shape index (κ1) is 17.6. The van der Waals surface area contributed by atoms with E-state index >= 15 is 0 Å². The van der Waals surface area contributed by atoms with Crippen LogP contribution in [0.2, 0.25) is 0 Å². The lowest BCUT2D eigenvalue weighted by atomic mass is 9.90. The SMILES string of the molecule is O=C(c1cccc(N2CCNC2=O)c1)N1CCC(Cc2ccccc2)CC1. The summed E-state index contributed by atoms with van der Waals surface area (Å²) in [4.78, 5) is 28.4. The van der Waals surface area contributed by atoms with Crippen LogP contribution in [0.1, 0.15) is 28.8 Å². The highest BCUT2D eigenvalue weighted by Gasteiger charge is 2.25. The van der Waals surface area contributed by atoms with Crippen LogP contribution in [-0.4, -0.2) is 43.0 Å². The third-order valence-electron chi connectivity index (χ3n) is 5.53. The van der Waals surface area contributed by atoms with Crippen molar-refractivity contribution in [1.82, 2.24) is 10.2 Å². The zero-order valence-corrected chi connectivity index (χ0v) is 15.4. The van der Waals surface area contributed by atoms with Gasteiger partial charge in [0.25, 0.3) is 5.91 Å². The van der Waals surface area contributed by atoms with Gasteiger partial charge in [-0.3, -0.25) is 9.69 Å². The molecule has 2 aromatic rings. The van der Waals surface area contributed by atoms with Crippen molar-refractivity contribution in [2.45, 2.75) is 19.3 Å². The summed E-state index contributed by atoms with van der Waals surface area (Å²) in [6.07, 6.45) is 3.16. The van der Waals surface area contributed by atoms with Gasteiger partial charge in [-0.05, 0) is 48.9 Å². The van der Waals surface area contributed by atoms with E-state index in [1.165, 1.54) is 5.56 Å². The summed E-state index contributed by atoms with van der Waals surface area (Å²) in [7, 11) is 0. The second-order valence-corrected chi connectivity index (χ2v) is 7.36. The van der Waals surface area contributed by atoms with Gasteiger partial charge in [-0.2, -0.15) is 0 Å². The molecule has 0 radical (unpaired) electrons. The third kappa shape index (κ3) is 3.97. The molecule has 0 bridgehead atoms. The highest BCUT2D eigenvalue weighted by molar-refractivity contribution is 5.98. The largest absolute Gasteiger partial charge is 0.339 e.